The molecule has 7 heterocycles. The summed E-state index contributed by atoms with van der Waals surface area (Å²) in [7, 11) is 5.03. The molecule has 24 heteroatoms. The summed E-state index contributed by atoms with van der Waals surface area (Å²) in [6.07, 6.45) is 13.3. The second-order valence-electron chi connectivity index (χ2n) is 37.2. The number of rotatable bonds is 4. The average molecular weight is 1530 g/mol. The van der Waals surface area contributed by atoms with Crippen LogP contribution < -0.4 is 40.2 Å². The lowest BCUT2D eigenvalue weighted by atomic mass is 9.43. The minimum atomic E-state index is -1.11. The molecule has 0 saturated heterocycles. The van der Waals surface area contributed by atoms with Gasteiger partial charge in [0.05, 0.1) is 71.8 Å². The molecule has 24 nitrogen and oxygen atoms in total. The van der Waals surface area contributed by atoms with Crippen LogP contribution in [0, 0.1) is 90.7 Å². The third-order valence-corrected chi connectivity index (χ3v) is 29.4. The molecule has 4 aromatic rings. The number of amides is 4. The first kappa shape index (κ1) is 75.2. The highest BCUT2D eigenvalue weighted by Gasteiger charge is 2.69. The van der Waals surface area contributed by atoms with Gasteiger partial charge in [0, 0.05) is 25.7 Å². The van der Waals surface area contributed by atoms with Gasteiger partial charge < -0.3 is 59.2 Å². The molecule has 592 valence electrons. The van der Waals surface area contributed by atoms with Crippen LogP contribution in [0.3, 0.4) is 0 Å². The maximum absolute atomic E-state index is 15.0. The summed E-state index contributed by atoms with van der Waals surface area (Å²) >= 11 is 0. The molecule has 4 atom stereocenters. The maximum atomic E-state index is 15.0. The zero-order valence-electron chi connectivity index (χ0n) is 64.1. The van der Waals surface area contributed by atoms with Crippen LogP contribution in [0.4, 0.5) is 0 Å². The van der Waals surface area contributed by atoms with Gasteiger partial charge in [-0.05, 0) is 272 Å². The van der Waals surface area contributed by atoms with Crippen molar-refractivity contribution in [3.8, 4) is 23.0 Å². The van der Waals surface area contributed by atoms with Crippen molar-refractivity contribution < 1.29 is 95.4 Å². The second-order valence-corrected chi connectivity index (χ2v) is 37.2. The Bertz CT molecular complexity index is 3910. The number of hydrogen-bond acceptors (Lipinski definition) is 20. The van der Waals surface area contributed by atoms with Crippen molar-refractivity contribution in [1.82, 2.24) is 21.3 Å². The van der Waals surface area contributed by atoms with Crippen LogP contribution in [0.5, 0.6) is 23.0 Å². The van der Waals surface area contributed by atoms with Crippen LogP contribution in [-0.4, -0.2) is 124 Å². The summed E-state index contributed by atoms with van der Waals surface area (Å²) in [5.74, 6) is -4.11. The number of benzene rings is 4. The topological polar surface area (TPSA) is 327 Å². The number of hydrogen-bond donors (Lipinski definition) is 4. The Kier molecular flexibility index (Phi) is 19.0. The first-order valence-electron chi connectivity index (χ1n) is 40.5. The molecule has 7 aliphatic heterocycles. The molecule has 4 N–H and O–H groups in total. The Morgan fingerprint density at radius 3 is 0.598 bits per heavy atom. The van der Waals surface area contributed by atoms with E-state index in [9.17, 15) is 57.5 Å². The first-order chi connectivity index (χ1) is 53.6. The number of carbonyl (C=O) groups excluding carboxylic acids is 12. The average Bonchev–Trinajstić information content (AvgIpc) is 0.728. The lowest BCUT2D eigenvalue weighted by molar-refractivity contribution is -0.184. The van der Waals surface area contributed by atoms with Crippen molar-refractivity contribution in [2.24, 2.45) is 90.7 Å². The lowest BCUT2D eigenvalue weighted by Crippen LogP contribution is -2.63. The standard InChI is InChI=1S/C88H100N4O20/c1-105-69(93)65-25-49-5-13-61(14-6-49)109-77(101)85-37-57-23-58(38-85)40-86(39-57,47-85)78(102)110-63-17-9-51(10-18-63)27-67(71(95)107-3)91-75(99)83-33-55-22-56(34-83)36-84(35-55,46-83)76(100)92-68(72(96)108-4)28-52-11-19-64(20-12-52)112-80(104)88-43-59-24-60(44-88)42-87(41-59,48-88)79(103)111-62-15-7-50(8-16-62)26-66(70(94)106-2)90-74(98)82-31-53-21-54(32-82)30-81(29-53,45-82)73(97)89-65/h5-20,53-60,65-68H,21-48H2,1-4H3,(H,89,97)(H,90,98)(H,91,99)(H,92,100)/t53?,54?,55?,56?,57?,58?,59?,60?,65-,66-,67-,68-,81?,82?,83?,84?,85?,86?,87?,88?/m0/s1. The zero-order chi connectivity index (χ0) is 78.1. The van der Waals surface area contributed by atoms with E-state index < -0.39 is 115 Å². The molecule has 4 amide bonds. The van der Waals surface area contributed by atoms with Crippen LogP contribution >= 0.6 is 0 Å². The Balaban J connectivity index is 0.624. The number of methoxy groups -OCH3 is 4. The molecule has 27 rings (SSSR count). The lowest BCUT2D eigenvalue weighted by Gasteiger charge is -2.60. The number of ether oxygens (including phenoxy) is 8. The van der Waals surface area contributed by atoms with Gasteiger partial charge in [-0.2, -0.15) is 0 Å². The third kappa shape index (κ3) is 13.6. The highest BCUT2D eigenvalue weighted by molar-refractivity contribution is 5.95. The van der Waals surface area contributed by atoms with Gasteiger partial charge in [0.1, 0.15) is 47.2 Å². The second kappa shape index (κ2) is 28.3. The van der Waals surface area contributed by atoms with Crippen LogP contribution in [-0.2, 0) is 102 Å². The molecule has 16 fully saturated rings. The van der Waals surface area contributed by atoms with E-state index >= 15 is 0 Å². The molecule has 23 aliphatic rings. The summed E-state index contributed by atoms with van der Waals surface area (Å²) in [6.45, 7) is 0. The highest BCUT2D eigenvalue weighted by atomic mass is 16.6. The Hall–Kier alpha value is -9.48. The summed E-state index contributed by atoms with van der Waals surface area (Å²) in [4.78, 5) is 173. The largest absolute Gasteiger partial charge is 0.467 e. The van der Waals surface area contributed by atoms with E-state index in [1.54, 1.807) is 97.1 Å². The van der Waals surface area contributed by atoms with Crippen molar-refractivity contribution in [3.63, 3.8) is 0 Å². The van der Waals surface area contributed by atoms with Gasteiger partial charge in [0.15, 0.2) is 0 Å². The van der Waals surface area contributed by atoms with Gasteiger partial charge in [-0.1, -0.05) is 48.5 Å². The van der Waals surface area contributed by atoms with Crippen molar-refractivity contribution in [3.05, 3.63) is 119 Å². The van der Waals surface area contributed by atoms with Crippen LogP contribution in [0.25, 0.3) is 0 Å². The van der Waals surface area contributed by atoms with Crippen molar-refractivity contribution in [1.29, 1.82) is 0 Å². The summed E-state index contributed by atoms with van der Waals surface area (Å²) in [5, 5.41) is 12.2. The van der Waals surface area contributed by atoms with E-state index in [0.717, 1.165) is 25.7 Å². The van der Waals surface area contributed by atoms with Crippen LogP contribution in [0.15, 0.2) is 97.1 Å². The molecule has 0 aromatic heterocycles. The molecular weight excluding hydrogens is 1430 g/mol. The molecule has 8 spiro atoms. The smallest absolute Gasteiger partial charge is 0.328 e. The predicted molar refractivity (Wildman–Crippen MR) is 397 cm³/mol. The summed E-state index contributed by atoms with van der Waals surface area (Å²) < 4.78 is 46.0. The molecule has 24 bridgehead atoms. The van der Waals surface area contributed by atoms with Gasteiger partial charge in [0.25, 0.3) is 0 Å². The van der Waals surface area contributed by atoms with E-state index in [4.69, 9.17) is 37.9 Å². The molecule has 16 saturated carbocycles. The first-order valence-corrected chi connectivity index (χ1v) is 40.5. The molecule has 0 unspecified atom stereocenters. The molecule has 0 radical (unpaired) electrons. The van der Waals surface area contributed by atoms with Gasteiger partial charge in [-0.3, -0.25) is 38.4 Å². The normalized spacial score (nSPS) is 38.7. The van der Waals surface area contributed by atoms with Crippen LogP contribution in [0.1, 0.15) is 176 Å². The van der Waals surface area contributed by atoms with Crippen molar-refractivity contribution in [2.45, 2.75) is 204 Å². The van der Waals surface area contributed by atoms with Crippen molar-refractivity contribution >= 4 is 71.4 Å². The van der Waals surface area contributed by atoms with E-state index in [-0.39, 0.29) is 145 Å². The van der Waals surface area contributed by atoms with E-state index in [1.807, 2.05) is 0 Å². The Morgan fingerprint density at radius 1 is 0.268 bits per heavy atom. The molecule has 4 aromatic carbocycles. The highest BCUT2D eigenvalue weighted by Crippen LogP contribution is 2.70. The summed E-state index contributed by atoms with van der Waals surface area (Å²) in [6, 6.07) is 22.7. The number of esters is 8. The van der Waals surface area contributed by atoms with E-state index in [0.29, 0.717) is 125 Å². The zero-order valence-corrected chi connectivity index (χ0v) is 64.1. The van der Waals surface area contributed by atoms with Crippen molar-refractivity contribution in [2.75, 3.05) is 28.4 Å². The number of carbonyl (C=O) groups is 12. The Morgan fingerprint density at radius 2 is 0.429 bits per heavy atom. The minimum Gasteiger partial charge on any atom is -0.467 e. The quantitative estimate of drug-likeness (QED) is 0.0839. The SMILES string of the molecule is COC(=O)[C@@H]1Cc2ccc(cc2)OC(=O)C23CC4CC(C2)CC(C4)(C3)C(=O)Oc2ccc(cc2)C[C@@H](C(=O)OC)NC(=O)C23CC4CC(C2)CC(C4)(C3)C(=O)N[C@H](C(=O)OC)Cc2ccc(cc2)OC(=O)C23CC4CC(CC(C4)(C2)C(=O)Oc2ccc(cc2)C[C@@H](C(=O)OC)NC(=O)C24CC5CC(CC(C5)(C2)C(=O)N1)C4)C3. The van der Waals surface area contributed by atoms with Crippen LogP contribution in [0.2, 0.25) is 0 Å². The predicted octanol–water partition coefficient (Wildman–Crippen LogP) is 9.57. The van der Waals surface area contributed by atoms with Gasteiger partial charge in [-0.15, -0.1) is 0 Å². The molecular formula is C88H100N4O20. The molecule has 16 aliphatic carbocycles. The molecule has 112 heavy (non-hydrogen) atoms. The monoisotopic (exact) mass is 1530 g/mol. The fourth-order valence-electron chi connectivity index (χ4n) is 26.2. The Labute approximate surface area is 650 Å². The summed E-state index contributed by atoms with van der Waals surface area (Å²) in [5.41, 5.74) is -5.13. The minimum absolute atomic E-state index is 0.0372. The fourth-order valence-corrected chi connectivity index (χ4v) is 26.2. The van der Waals surface area contributed by atoms with Gasteiger partial charge >= 0.3 is 47.8 Å². The van der Waals surface area contributed by atoms with Gasteiger partial charge in [-0.25, -0.2) is 19.2 Å². The van der Waals surface area contributed by atoms with Gasteiger partial charge in [0.2, 0.25) is 23.6 Å². The number of nitrogens with one attached hydrogen (secondary N) is 4. The third-order valence-electron chi connectivity index (χ3n) is 29.4. The van der Waals surface area contributed by atoms with E-state index in [1.165, 1.54) is 28.4 Å². The van der Waals surface area contributed by atoms with E-state index in [2.05, 4.69) is 21.3 Å². The maximum Gasteiger partial charge on any atom is 0.328 e. The fraction of sp³-hybridized carbons (Fsp3) is 0.591.